The minimum Gasteiger partial charge on any atom is -0.465 e. The summed E-state index contributed by atoms with van der Waals surface area (Å²) in [5, 5.41) is 2.12. The van der Waals surface area contributed by atoms with Gasteiger partial charge >= 0.3 is 11.9 Å². The zero-order valence-electron chi connectivity index (χ0n) is 19.0. The number of unbranched alkanes of at least 4 members (excludes halogenated alkanes) is 1. The van der Waals surface area contributed by atoms with Gasteiger partial charge in [-0.2, -0.15) is 0 Å². The maximum atomic E-state index is 13.3. The lowest BCUT2D eigenvalue weighted by atomic mass is 9.76. The van der Waals surface area contributed by atoms with E-state index in [1.165, 1.54) is 5.56 Å². The third-order valence-electron chi connectivity index (χ3n) is 5.87. The maximum absolute atomic E-state index is 13.3. The molecule has 0 aliphatic carbocycles. The van der Waals surface area contributed by atoms with Gasteiger partial charge in [0.05, 0.1) is 13.2 Å². The fourth-order valence-corrected chi connectivity index (χ4v) is 4.23. The molecule has 0 atom stereocenters. The molecule has 0 N–H and O–H groups in total. The molecule has 3 aromatic rings. The smallest absolute Gasteiger partial charge is 0.323 e. The van der Waals surface area contributed by atoms with Gasteiger partial charge in [-0.3, -0.25) is 9.59 Å². The molecule has 0 fully saturated rings. The van der Waals surface area contributed by atoms with Crippen molar-refractivity contribution in [1.29, 1.82) is 0 Å². The molecule has 32 heavy (non-hydrogen) atoms. The van der Waals surface area contributed by atoms with Gasteiger partial charge in [0.2, 0.25) is 0 Å². The van der Waals surface area contributed by atoms with Crippen molar-refractivity contribution in [3.63, 3.8) is 0 Å². The number of rotatable bonds is 11. The summed E-state index contributed by atoms with van der Waals surface area (Å²) in [7, 11) is 0. The predicted molar refractivity (Wildman–Crippen MR) is 127 cm³/mol. The standard InChI is InChI=1S/C28H32O4/c1-3-31-26(29)28(27(30)32-4-2,20-11-10-15-22-13-6-5-7-14-22)21-24-18-12-17-23-16-8-9-19-25(23)24/h5-9,12-14,16-19H,3-4,10-11,15,20-21H2,1-2H3. The quantitative estimate of drug-likeness (QED) is 0.215. The van der Waals surface area contributed by atoms with E-state index >= 15 is 0 Å². The van der Waals surface area contributed by atoms with Crippen LogP contribution < -0.4 is 0 Å². The van der Waals surface area contributed by atoms with E-state index in [2.05, 4.69) is 12.1 Å². The second kappa shape index (κ2) is 11.5. The topological polar surface area (TPSA) is 52.6 Å². The molecule has 0 aliphatic heterocycles. The van der Waals surface area contributed by atoms with Gasteiger partial charge in [-0.25, -0.2) is 0 Å². The van der Waals surface area contributed by atoms with Gasteiger partial charge in [-0.05, 0) is 61.4 Å². The van der Waals surface area contributed by atoms with Crippen LogP contribution in [-0.2, 0) is 31.9 Å². The highest BCUT2D eigenvalue weighted by Gasteiger charge is 2.48. The summed E-state index contributed by atoms with van der Waals surface area (Å²) in [6.07, 6.45) is 3.15. The summed E-state index contributed by atoms with van der Waals surface area (Å²) >= 11 is 0. The van der Waals surface area contributed by atoms with Gasteiger partial charge in [0, 0.05) is 0 Å². The minimum absolute atomic E-state index is 0.222. The van der Waals surface area contributed by atoms with E-state index in [0.29, 0.717) is 6.42 Å². The fraction of sp³-hybridized carbons (Fsp3) is 0.357. The molecule has 0 saturated heterocycles. The molecule has 4 nitrogen and oxygen atoms in total. The van der Waals surface area contributed by atoms with Crippen LogP contribution >= 0.6 is 0 Å². The Morgan fingerprint density at radius 1 is 0.750 bits per heavy atom. The van der Waals surface area contributed by atoms with Crippen LogP contribution in [0.25, 0.3) is 10.8 Å². The highest BCUT2D eigenvalue weighted by molar-refractivity contribution is 6.01. The second-order valence-electron chi connectivity index (χ2n) is 8.03. The lowest BCUT2D eigenvalue weighted by Crippen LogP contribution is -2.44. The van der Waals surface area contributed by atoms with E-state index in [4.69, 9.17) is 9.47 Å². The van der Waals surface area contributed by atoms with Crippen molar-refractivity contribution in [2.75, 3.05) is 13.2 Å². The Balaban J connectivity index is 1.90. The van der Waals surface area contributed by atoms with E-state index in [1.54, 1.807) is 13.8 Å². The summed E-state index contributed by atoms with van der Waals surface area (Å²) in [4.78, 5) is 26.5. The number of fused-ring (bicyclic) bond motifs is 1. The molecule has 168 valence electrons. The average molecular weight is 433 g/mol. The van der Waals surface area contributed by atoms with E-state index in [-0.39, 0.29) is 19.6 Å². The van der Waals surface area contributed by atoms with Crippen molar-refractivity contribution in [2.24, 2.45) is 5.41 Å². The van der Waals surface area contributed by atoms with Crippen LogP contribution in [0.2, 0.25) is 0 Å². The van der Waals surface area contributed by atoms with Crippen molar-refractivity contribution in [3.8, 4) is 0 Å². The Labute approximate surface area is 190 Å². The molecule has 0 bridgehead atoms. The van der Waals surface area contributed by atoms with Crippen LogP contribution in [0.15, 0.2) is 72.8 Å². The molecule has 0 spiro atoms. The zero-order chi connectivity index (χ0) is 22.8. The monoisotopic (exact) mass is 432 g/mol. The van der Waals surface area contributed by atoms with Gasteiger partial charge in [0.25, 0.3) is 0 Å². The predicted octanol–water partition coefficient (Wildman–Crippen LogP) is 5.91. The first-order chi connectivity index (χ1) is 15.6. The van der Waals surface area contributed by atoms with E-state index in [1.807, 2.05) is 60.7 Å². The summed E-state index contributed by atoms with van der Waals surface area (Å²) < 4.78 is 10.9. The molecule has 0 unspecified atom stereocenters. The van der Waals surface area contributed by atoms with Crippen LogP contribution in [0, 0.1) is 5.41 Å². The summed E-state index contributed by atoms with van der Waals surface area (Å²) in [6.45, 7) is 3.97. The number of carbonyl (C=O) groups is 2. The van der Waals surface area contributed by atoms with Crippen LogP contribution in [-0.4, -0.2) is 25.2 Å². The number of benzene rings is 3. The van der Waals surface area contributed by atoms with Crippen molar-refractivity contribution in [2.45, 2.75) is 46.0 Å². The summed E-state index contributed by atoms with van der Waals surface area (Å²) in [5.41, 5.74) is 0.846. The molecular weight excluding hydrogens is 400 g/mol. The first-order valence-corrected chi connectivity index (χ1v) is 11.5. The van der Waals surface area contributed by atoms with Gasteiger partial charge in [0.15, 0.2) is 5.41 Å². The SMILES string of the molecule is CCOC(=O)C(CCCCc1ccccc1)(Cc1cccc2ccccc12)C(=O)OCC. The highest BCUT2D eigenvalue weighted by Crippen LogP contribution is 2.35. The van der Waals surface area contributed by atoms with Crippen LogP contribution in [0.3, 0.4) is 0 Å². The number of hydrogen-bond acceptors (Lipinski definition) is 4. The molecule has 3 rings (SSSR count). The molecule has 0 saturated carbocycles. The van der Waals surface area contributed by atoms with Crippen molar-refractivity contribution >= 4 is 22.7 Å². The molecule has 4 heteroatoms. The molecule has 0 aliphatic rings. The Morgan fingerprint density at radius 2 is 1.38 bits per heavy atom. The molecule has 0 amide bonds. The van der Waals surface area contributed by atoms with Gasteiger partial charge in [-0.1, -0.05) is 79.2 Å². The Morgan fingerprint density at radius 3 is 2.06 bits per heavy atom. The van der Waals surface area contributed by atoms with Crippen molar-refractivity contribution in [3.05, 3.63) is 83.9 Å². The Bertz CT molecular complexity index is 1000. The zero-order valence-corrected chi connectivity index (χ0v) is 19.0. The minimum atomic E-state index is -1.35. The number of ether oxygens (including phenoxy) is 2. The van der Waals surface area contributed by atoms with E-state index < -0.39 is 17.4 Å². The summed E-state index contributed by atoms with van der Waals surface area (Å²) in [6, 6.07) is 24.3. The van der Waals surface area contributed by atoms with Gasteiger partial charge < -0.3 is 9.47 Å². The third kappa shape index (κ3) is 5.56. The van der Waals surface area contributed by atoms with E-state index in [0.717, 1.165) is 35.6 Å². The average Bonchev–Trinajstić information content (AvgIpc) is 2.82. The van der Waals surface area contributed by atoms with Crippen LogP contribution in [0.1, 0.15) is 44.2 Å². The largest absolute Gasteiger partial charge is 0.465 e. The molecular formula is C28H32O4. The van der Waals surface area contributed by atoms with Gasteiger partial charge in [0.1, 0.15) is 0 Å². The first kappa shape index (κ1) is 23.5. The Hall–Kier alpha value is -3.14. The van der Waals surface area contributed by atoms with Crippen LogP contribution in [0.5, 0.6) is 0 Å². The fourth-order valence-electron chi connectivity index (χ4n) is 4.23. The normalized spacial score (nSPS) is 11.3. The molecule has 0 aromatic heterocycles. The number of carbonyl (C=O) groups excluding carboxylic acids is 2. The van der Waals surface area contributed by atoms with Crippen molar-refractivity contribution < 1.29 is 19.1 Å². The molecule has 0 radical (unpaired) electrons. The highest BCUT2D eigenvalue weighted by atomic mass is 16.6. The third-order valence-corrected chi connectivity index (χ3v) is 5.87. The lowest BCUT2D eigenvalue weighted by Gasteiger charge is -2.30. The maximum Gasteiger partial charge on any atom is 0.323 e. The molecule has 3 aromatic carbocycles. The van der Waals surface area contributed by atoms with E-state index in [9.17, 15) is 9.59 Å². The molecule has 0 heterocycles. The van der Waals surface area contributed by atoms with Crippen LogP contribution in [0.4, 0.5) is 0 Å². The number of esters is 2. The number of hydrogen-bond donors (Lipinski definition) is 0. The summed E-state index contributed by atoms with van der Waals surface area (Å²) in [5.74, 6) is -0.989. The lowest BCUT2D eigenvalue weighted by molar-refractivity contribution is -0.172. The first-order valence-electron chi connectivity index (χ1n) is 11.5. The number of aryl methyl sites for hydroxylation is 1. The van der Waals surface area contributed by atoms with Gasteiger partial charge in [-0.15, -0.1) is 0 Å². The van der Waals surface area contributed by atoms with Crippen molar-refractivity contribution in [1.82, 2.24) is 0 Å². The Kier molecular flexibility index (Phi) is 8.43. The second-order valence-corrected chi connectivity index (χ2v) is 8.03.